The number of carbonyl (C=O) groups is 1. The number of nitrogens with one attached hydrogen (secondary N) is 1. The zero-order valence-electron chi connectivity index (χ0n) is 14.7. The van der Waals surface area contributed by atoms with E-state index in [2.05, 4.69) is 12.2 Å². The van der Waals surface area contributed by atoms with Crippen LogP contribution in [0.4, 0.5) is 0 Å². The molecule has 1 aromatic carbocycles. The first-order valence-corrected chi connectivity index (χ1v) is 9.27. The number of phenols is 1. The van der Waals surface area contributed by atoms with Crippen LogP contribution in [0.3, 0.4) is 0 Å². The van der Waals surface area contributed by atoms with Gasteiger partial charge in [0.25, 0.3) is 0 Å². The highest BCUT2D eigenvalue weighted by molar-refractivity contribution is 5.78. The van der Waals surface area contributed by atoms with Crippen molar-refractivity contribution in [2.45, 2.75) is 77.6 Å². The Morgan fingerprint density at radius 2 is 1.39 bits per heavy atom. The van der Waals surface area contributed by atoms with Crippen LogP contribution in [0, 0.1) is 0 Å². The molecule has 1 amide bonds. The molecular formula is C20H33NO2. The van der Waals surface area contributed by atoms with Gasteiger partial charge >= 0.3 is 0 Å². The Bertz CT molecular complexity index is 414. The molecule has 0 spiro atoms. The molecule has 0 aromatic heterocycles. The van der Waals surface area contributed by atoms with E-state index in [1.54, 1.807) is 24.3 Å². The standard InChI is InChI=1S/C20H33NO2/c1-2-3-4-5-6-7-8-9-10-11-16-21-20(23)17-18-12-14-19(22)15-13-18/h12-15,22H,2-11,16-17H2,1H3,(H,21,23). The molecule has 0 fully saturated rings. The van der Waals surface area contributed by atoms with Crippen molar-refractivity contribution < 1.29 is 9.90 Å². The lowest BCUT2D eigenvalue weighted by molar-refractivity contribution is -0.120. The molecule has 0 radical (unpaired) electrons. The van der Waals surface area contributed by atoms with Crippen LogP contribution in [0.15, 0.2) is 24.3 Å². The molecule has 0 atom stereocenters. The van der Waals surface area contributed by atoms with Crippen LogP contribution < -0.4 is 5.32 Å². The Morgan fingerprint density at radius 3 is 1.96 bits per heavy atom. The van der Waals surface area contributed by atoms with Crippen LogP contribution in [0.1, 0.15) is 76.7 Å². The Balaban J connectivity index is 1.90. The maximum atomic E-state index is 11.8. The zero-order chi connectivity index (χ0) is 16.8. The summed E-state index contributed by atoms with van der Waals surface area (Å²) >= 11 is 0. The van der Waals surface area contributed by atoms with Gasteiger partial charge in [-0.2, -0.15) is 0 Å². The molecule has 0 unspecified atom stereocenters. The Morgan fingerprint density at radius 1 is 0.870 bits per heavy atom. The van der Waals surface area contributed by atoms with Gasteiger partial charge in [0.05, 0.1) is 6.42 Å². The zero-order valence-corrected chi connectivity index (χ0v) is 14.7. The molecule has 3 nitrogen and oxygen atoms in total. The predicted octanol–water partition coefficient (Wildman–Crippen LogP) is 4.97. The summed E-state index contributed by atoms with van der Waals surface area (Å²) in [5.74, 6) is 0.297. The topological polar surface area (TPSA) is 49.3 Å². The second-order valence-electron chi connectivity index (χ2n) is 6.38. The number of unbranched alkanes of at least 4 members (excludes halogenated alkanes) is 9. The van der Waals surface area contributed by atoms with Crippen LogP contribution in [0.2, 0.25) is 0 Å². The molecule has 0 aliphatic heterocycles. The number of rotatable bonds is 13. The van der Waals surface area contributed by atoms with Crippen molar-refractivity contribution in [3.8, 4) is 5.75 Å². The third kappa shape index (κ3) is 10.8. The van der Waals surface area contributed by atoms with Gasteiger partial charge in [-0.25, -0.2) is 0 Å². The first-order chi connectivity index (χ1) is 11.2. The minimum absolute atomic E-state index is 0.0617. The number of carbonyl (C=O) groups excluding carboxylic acids is 1. The molecule has 1 aromatic rings. The van der Waals surface area contributed by atoms with Crippen molar-refractivity contribution in [2.24, 2.45) is 0 Å². The van der Waals surface area contributed by atoms with Crippen molar-refractivity contribution in [1.29, 1.82) is 0 Å². The molecule has 23 heavy (non-hydrogen) atoms. The first-order valence-electron chi connectivity index (χ1n) is 9.27. The normalized spacial score (nSPS) is 10.7. The van der Waals surface area contributed by atoms with Gasteiger partial charge in [0.15, 0.2) is 0 Å². The fourth-order valence-electron chi connectivity index (χ4n) is 2.70. The molecular weight excluding hydrogens is 286 g/mol. The van der Waals surface area contributed by atoms with Crippen LogP contribution in [0.5, 0.6) is 5.75 Å². The van der Waals surface area contributed by atoms with Crippen LogP contribution in [0.25, 0.3) is 0 Å². The number of hydrogen-bond acceptors (Lipinski definition) is 2. The van der Waals surface area contributed by atoms with E-state index in [4.69, 9.17) is 0 Å². The number of aromatic hydroxyl groups is 1. The number of hydrogen-bond donors (Lipinski definition) is 2. The number of benzene rings is 1. The summed E-state index contributed by atoms with van der Waals surface area (Å²) in [5, 5.41) is 12.2. The average Bonchev–Trinajstić information content (AvgIpc) is 2.55. The summed E-state index contributed by atoms with van der Waals surface area (Å²) < 4.78 is 0. The van der Waals surface area contributed by atoms with Crippen molar-refractivity contribution in [1.82, 2.24) is 5.32 Å². The van der Waals surface area contributed by atoms with E-state index in [0.717, 1.165) is 18.5 Å². The SMILES string of the molecule is CCCCCCCCCCCCNC(=O)Cc1ccc(O)cc1. The average molecular weight is 319 g/mol. The molecule has 3 heteroatoms. The Kier molecular flexibility index (Phi) is 11.0. The molecule has 0 aliphatic carbocycles. The van der Waals surface area contributed by atoms with Crippen LogP contribution >= 0.6 is 0 Å². The van der Waals surface area contributed by atoms with Gasteiger partial charge in [0, 0.05) is 6.54 Å². The summed E-state index contributed by atoms with van der Waals surface area (Å²) in [4.78, 5) is 11.8. The highest BCUT2D eigenvalue weighted by atomic mass is 16.3. The van der Waals surface area contributed by atoms with Gasteiger partial charge in [0.1, 0.15) is 5.75 Å². The van der Waals surface area contributed by atoms with E-state index in [1.807, 2.05) is 0 Å². The molecule has 0 heterocycles. The summed E-state index contributed by atoms with van der Waals surface area (Å²) in [5.41, 5.74) is 0.934. The molecule has 0 saturated carbocycles. The summed E-state index contributed by atoms with van der Waals surface area (Å²) in [6.07, 6.45) is 13.5. The molecule has 1 rings (SSSR count). The lowest BCUT2D eigenvalue weighted by atomic mass is 10.1. The lowest BCUT2D eigenvalue weighted by Gasteiger charge is -2.06. The lowest BCUT2D eigenvalue weighted by Crippen LogP contribution is -2.26. The van der Waals surface area contributed by atoms with E-state index in [1.165, 1.54) is 57.8 Å². The predicted molar refractivity (Wildman–Crippen MR) is 96.7 cm³/mol. The fourth-order valence-corrected chi connectivity index (χ4v) is 2.70. The van der Waals surface area contributed by atoms with Crippen molar-refractivity contribution in [2.75, 3.05) is 6.54 Å². The van der Waals surface area contributed by atoms with Gasteiger partial charge in [-0.1, -0.05) is 76.8 Å². The highest BCUT2D eigenvalue weighted by Crippen LogP contribution is 2.11. The van der Waals surface area contributed by atoms with E-state index in [-0.39, 0.29) is 11.7 Å². The highest BCUT2D eigenvalue weighted by Gasteiger charge is 2.02. The molecule has 0 bridgehead atoms. The largest absolute Gasteiger partial charge is 0.508 e. The van der Waals surface area contributed by atoms with Crippen LogP contribution in [-0.4, -0.2) is 17.6 Å². The molecule has 0 aliphatic rings. The van der Waals surface area contributed by atoms with Gasteiger partial charge in [-0.05, 0) is 24.1 Å². The maximum Gasteiger partial charge on any atom is 0.224 e. The first kappa shape index (κ1) is 19.5. The molecule has 130 valence electrons. The van der Waals surface area contributed by atoms with E-state index >= 15 is 0 Å². The minimum atomic E-state index is 0.0617. The fraction of sp³-hybridized carbons (Fsp3) is 0.650. The molecule has 0 saturated heterocycles. The summed E-state index contributed by atoms with van der Waals surface area (Å²) in [6.45, 7) is 3.02. The van der Waals surface area contributed by atoms with E-state index < -0.39 is 0 Å². The van der Waals surface area contributed by atoms with E-state index in [0.29, 0.717) is 6.42 Å². The third-order valence-corrected chi connectivity index (χ3v) is 4.15. The van der Waals surface area contributed by atoms with E-state index in [9.17, 15) is 9.90 Å². The summed E-state index contributed by atoms with van der Waals surface area (Å²) in [6, 6.07) is 6.81. The van der Waals surface area contributed by atoms with Crippen molar-refractivity contribution in [3.63, 3.8) is 0 Å². The van der Waals surface area contributed by atoms with Crippen molar-refractivity contribution >= 4 is 5.91 Å². The second-order valence-corrected chi connectivity index (χ2v) is 6.38. The van der Waals surface area contributed by atoms with Gasteiger partial charge in [-0.15, -0.1) is 0 Å². The quantitative estimate of drug-likeness (QED) is 0.504. The van der Waals surface area contributed by atoms with Gasteiger partial charge in [-0.3, -0.25) is 4.79 Å². The Labute approximate surface area is 141 Å². The Hall–Kier alpha value is -1.51. The summed E-state index contributed by atoms with van der Waals surface area (Å²) in [7, 11) is 0. The monoisotopic (exact) mass is 319 g/mol. The number of phenolic OH excluding ortho intramolecular Hbond substituents is 1. The van der Waals surface area contributed by atoms with Gasteiger partial charge < -0.3 is 10.4 Å². The second kappa shape index (κ2) is 13.0. The maximum absolute atomic E-state index is 11.8. The third-order valence-electron chi connectivity index (χ3n) is 4.15. The minimum Gasteiger partial charge on any atom is -0.508 e. The van der Waals surface area contributed by atoms with Crippen molar-refractivity contribution in [3.05, 3.63) is 29.8 Å². The number of amides is 1. The molecule has 2 N–H and O–H groups in total. The van der Waals surface area contributed by atoms with Gasteiger partial charge in [0.2, 0.25) is 5.91 Å². The van der Waals surface area contributed by atoms with Crippen LogP contribution in [-0.2, 0) is 11.2 Å². The smallest absolute Gasteiger partial charge is 0.224 e.